The van der Waals surface area contributed by atoms with Gasteiger partial charge >= 0.3 is 0 Å². The van der Waals surface area contributed by atoms with E-state index in [9.17, 15) is 14.0 Å². The molecule has 0 spiro atoms. The lowest BCUT2D eigenvalue weighted by atomic mass is 10.1. The summed E-state index contributed by atoms with van der Waals surface area (Å²) in [5.74, 6) is -1.51. The third-order valence-corrected chi connectivity index (χ3v) is 4.83. The Labute approximate surface area is 145 Å². The Morgan fingerprint density at radius 2 is 1.44 bits per heavy atom. The Hall–Kier alpha value is -2.73. The predicted molar refractivity (Wildman–Crippen MR) is 93.7 cm³/mol. The molecule has 0 radical (unpaired) electrons. The summed E-state index contributed by atoms with van der Waals surface area (Å²) in [4.78, 5) is 30.7. The van der Waals surface area contributed by atoms with Crippen molar-refractivity contribution >= 4 is 23.2 Å². The second kappa shape index (κ2) is 5.97. The number of para-hydroxylation sites is 1. The van der Waals surface area contributed by atoms with Gasteiger partial charge in [-0.1, -0.05) is 18.2 Å². The summed E-state index contributed by atoms with van der Waals surface area (Å²) in [6.07, 6.45) is 0. The van der Waals surface area contributed by atoms with E-state index in [0.29, 0.717) is 16.8 Å². The van der Waals surface area contributed by atoms with Gasteiger partial charge in [0.2, 0.25) is 0 Å². The van der Waals surface area contributed by atoms with E-state index < -0.39 is 17.6 Å². The number of amides is 2. The standard InChI is InChI=1S/C19H18FN3O2/c1-21-9-11-22(12-10-21)16-8-4-7-15(20)17(16)23-18(24)13-5-2-3-6-14(13)19(23)25/h2-8H,9-12H2,1H3. The zero-order valence-corrected chi connectivity index (χ0v) is 13.9. The molecule has 0 N–H and O–H groups in total. The van der Waals surface area contributed by atoms with Gasteiger partial charge in [-0.15, -0.1) is 0 Å². The number of likely N-dealkylation sites (N-methyl/N-ethyl adjacent to an activating group) is 1. The largest absolute Gasteiger partial charge is 0.367 e. The van der Waals surface area contributed by atoms with Gasteiger partial charge in [-0.05, 0) is 31.3 Å². The van der Waals surface area contributed by atoms with Crippen LogP contribution in [0.4, 0.5) is 15.8 Å². The van der Waals surface area contributed by atoms with Crippen LogP contribution in [-0.2, 0) is 0 Å². The Bertz CT molecular complexity index is 824. The minimum Gasteiger partial charge on any atom is -0.367 e. The second-order valence-corrected chi connectivity index (χ2v) is 6.39. The molecule has 2 aliphatic heterocycles. The van der Waals surface area contributed by atoms with Crippen LogP contribution in [0, 0.1) is 5.82 Å². The Kier molecular flexibility index (Phi) is 3.77. The summed E-state index contributed by atoms with van der Waals surface area (Å²) >= 11 is 0. The second-order valence-electron chi connectivity index (χ2n) is 6.39. The maximum Gasteiger partial charge on any atom is 0.266 e. The van der Waals surface area contributed by atoms with Crippen molar-refractivity contribution in [3.63, 3.8) is 0 Å². The molecule has 2 heterocycles. The van der Waals surface area contributed by atoms with Crippen molar-refractivity contribution < 1.29 is 14.0 Å². The summed E-state index contributed by atoms with van der Waals surface area (Å²) in [6.45, 7) is 3.13. The lowest BCUT2D eigenvalue weighted by molar-refractivity contribution is 0.0925. The lowest BCUT2D eigenvalue weighted by Crippen LogP contribution is -2.45. The van der Waals surface area contributed by atoms with Gasteiger partial charge in [0.05, 0.1) is 16.8 Å². The molecule has 0 bridgehead atoms. The molecule has 0 aromatic heterocycles. The number of nitrogens with zero attached hydrogens (tertiary/aromatic N) is 3. The topological polar surface area (TPSA) is 43.9 Å². The van der Waals surface area contributed by atoms with Gasteiger partial charge in [-0.25, -0.2) is 9.29 Å². The first-order chi connectivity index (χ1) is 12.1. The molecule has 5 nitrogen and oxygen atoms in total. The Morgan fingerprint density at radius 3 is 2.04 bits per heavy atom. The zero-order chi connectivity index (χ0) is 17.6. The van der Waals surface area contributed by atoms with E-state index in [1.54, 1.807) is 36.4 Å². The lowest BCUT2D eigenvalue weighted by Gasteiger charge is -2.36. The van der Waals surface area contributed by atoms with Crippen LogP contribution >= 0.6 is 0 Å². The number of carbonyl (C=O) groups excluding carboxylic acids is 2. The van der Waals surface area contributed by atoms with Crippen LogP contribution in [0.1, 0.15) is 20.7 Å². The van der Waals surface area contributed by atoms with Gasteiger partial charge in [-0.3, -0.25) is 9.59 Å². The van der Waals surface area contributed by atoms with Crippen LogP contribution in [0.5, 0.6) is 0 Å². The van der Waals surface area contributed by atoms with Crippen LogP contribution in [0.3, 0.4) is 0 Å². The van der Waals surface area contributed by atoms with E-state index in [1.807, 2.05) is 11.9 Å². The molecule has 1 saturated heterocycles. The number of benzene rings is 2. The first kappa shape index (κ1) is 15.8. The molecule has 6 heteroatoms. The maximum atomic E-state index is 14.7. The molecule has 2 amide bonds. The SMILES string of the molecule is CN1CCN(c2cccc(F)c2N2C(=O)c3ccccc3C2=O)CC1. The number of hydrogen-bond donors (Lipinski definition) is 0. The van der Waals surface area contributed by atoms with Crippen molar-refractivity contribution in [3.8, 4) is 0 Å². The summed E-state index contributed by atoms with van der Waals surface area (Å²) in [5.41, 5.74) is 1.28. The molecule has 0 atom stereocenters. The van der Waals surface area contributed by atoms with Gasteiger partial charge in [0.25, 0.3) is 11.8 Å². The van der Waals surface area contributed by atoms with E-state index in [-0.39, 0.29) is 5.69 Å². The van der Waals surface area contributed by atoms with Crippen LogP contribution in [-0.4, -0.2) is 49.9 Å². The number of fused-ring (bicyclic) bond motifs is 1. The van der Waals surface area contributed by atoms with Gasteiger partial charge in [0, 0.05) is 26.2 Å². The van der Waals surface area contributed by atoms with E-state index in [2.05, 4.69) is 4.90 Å². The number of anilines is 2. The molecule has 0 unspecified atom stereocenters. The molecule has 2 aromatic rings. The molecule has 0 aliphatic carbocycles. The van der Waals surface area contributed by atoms with E-state index >= 15 is 0 Å². The van der Waals surface area contributed by atoms with E-state index in [0.717, 1.165) is 31.1 Å². The quantitative estimate of drug-likeness (QED) is 0.788. The Morgan fingerprint density at radius 1 is 0.840 bits per heavy atom. The molecule has 1 fully saturated rings. The summed E-state index contributed by atoms with van der Waals surface area (Å²) in [7, 11) is 2.04. The first-order valence-electron chi connectivity index (χ1n) is 8.28. The smallest absolute Gasteiger partial charge is 0.266 e. The molecule has 2 aliphatic rings. The van der Waals surface area contributed by atoms with Gasteiger partial charge in [-0.2, -0.15) is 0 Å². The van der Waals surface area contributed by atoms with Gasteiger partial charge in [0.15, 0.2) is 0 Å². The third kappa shape index (κ3) is 2.49. The normalized spacial score (nSPS) is 18.0. The highest BCUT2D eigenvalue weighted by Gasteiger charge is 2.39. The molecule has 25 heavy (non-hydrogen) atoms. The van der Waals surface area contributed by atoms with Crippen LogP contribution in [0.15, 0.2) is 42.5 Å². The third-order valence-electron chi connectivity index (χ3n) is 4.83. The number of carbonyl (C=O) groups is 2. The minimum atomic E-state index is -0.564. The molecular weight excluding hydrogens is 321 g/mol. The minimum absolute atomic E-state index is 0.0539. The predicted octanol–water partition coefficient (Wildman–Crippen LogP) is 2.38. The highest BCUT2D eigenvalue weighted by molar-refractivity contribution is 6.35. The molecular formula is C19H18FN3O2. The van der Waals surface area contributed by atoms with Crippen LogP contribution < -0.4 is 9.80 Å². The number of piperazine rings is 1. The van der Waals surface area contributed by atoms with Crippen molar-refractivity contribution in [1.29, 1.82) is 0 Å². The van der Waals surface area contributed by atoms with Crippen molar-refractivity contribution in [2.24, 2.45) is 0 Å². The fraction of sp³-hybridized carbons (Fsp3) is 0.263. The summed E-state index contributed by atoms with van der Waals surface area (Å²) in [6, 6.07) is 11.3. The maximum absolute atomic E-state index is 14.7. The van der Waals surface area contributed by atoms with Crippen molar-refractivity contribution in [2.75, 3.05) is 43.0 Å². The average Bonchev–Trinajstić information content (AvgIpc) is 2.87. The number of hydrogen-bond acceptors (Lipinski definition) is 4. The zero-order valence-electron chi connectivity index (χ0n) is 13.9. The molecule has 128 valence electrons. The fourth-order valence-corrected chi connectivity index (χ4v) is 3.42. The Balaban J connectivity index is 1.79. The average molecular weight is 339 g/mol. The van der Waals surface area contributed by atoms with Crippen molar-refractivity contribution in [3.05, 3.63) is 59.4 Å². The van der Waals surface area contributed by atoms with Crippen LogP contribution in [0.25, 0.3) is 0 Å². The van der Waals surface area contributed by atoms with Gasteiger partial charge < -0.3 is 9.80 Å². The molecule has 0 saturated carbocycles. The first-order valence-corrected chi connectivity index (χ1v) is 8.28. The van der Waals surface area contributed by atoms with Crippen molar-refractivity contribution in [2.45, 2.75) is 0 Å². The highest BCUT2D eigenvalue weighted by atomic mass is 19.1. The van der Waals surface area contributed by atoms with Crippen LogP contribution in [0.2, 0.25) is 0 Å². The van der Waals surface area contributed by atoms with E-state index in [1.165, 1.54) is 6.07 Å². The number of halogens is 1. The monoisotopic (exact) mass is 339 g/mol. The fourth-order valence-electron chi connectivity index (χ4n) is 3.42. The molecule has 2 aromatic carbocycles. The summed E-state index contributed by atoms with van der Waals surface area (Å²) < 4.78 is 14.7. The van der Waals surface area contributed by atoms with Gasteiger partial charge in [0.1, 0.15) is 11.5 Å². The molecule has 4 rings (SSSR count). The summed E-state index contributed by atoms with van der Waals surface area (Å²) in [5, 5.41) is 0. The number of rotatable bonds is 2. The highest BCUT2D eigenvalue weighted by Crippen LogP contribution is 2.37. The van der Waals surface area contributed by atoms with E-state index in [4.69, 9.17) is 0 Å². The number of imide groups is 1. The van der Waals surface area contributed by atoms with Crippen molar-refractivity contribution in [1.82, 2.24) is 4.90 Å².